The summed E-state index contributed by atoms with van der Waals surface area (Å²) in [7, 11) is 0. The summed E-state index contributed by atoms with van der Waals surface area (Å²) in [6.45, 7) is 2.14. The van der Waals surface area contributed by atoms with E-state index in [4.69, 9.17) is 0 Å². The van der Waals surface area contributed by atoms with E-state index in [1.807, 2.05) is 0 Å². The molecule has 0 unspecified atom stereocenters. The number of rotatable bonds is 0. The molecular formula is C10H10. The first kappa shape index (κ1) is 5.72. The van der Waals surface area contributed by atoms with Crippen molar-refractivity contribution in [2.24, 2.45) is 0 Å². The Balaban J connectivity index is 2.46. The van der Waals surface area contributed by atoms with Gasteiger partial charge in [-0.05, 0) is 30.1 Å². The summed E-state index contributed by atoms with van der Waals surface area (Å²) in [4.78, 5) is 0. The normalized spacial score (nSPS) is 21.5. The second kappa shape index (κ2) is 1.98. The van der Waals surface area contributed by atoms with Crippen molar-refractivity contribution in [3.8, 4) is 0 Å². The summed E-state index contributed by atoms with van der Waals surface area (Å²) in [6, 6.07) is 0. The van der Waals surface area contributed by atoms with Crippen LogP contribution < -0.4 is 0 Å². The molecule has 0 aromatic heterocycles. The van der Waals surface area contributed by atoms with Gasteiger partial charge >= 0.3 is 0 Å². The zero-order valence-corrected chi connectivity index (χ0v) is 6.09. The van der Waals surface area contributed by atoms with Crippen LogP contribution in [0.4, 0.5) is 0 Å². The standard InChI is InChI=1S/C10H10/c1-8-6-9-4-2-3-5-10(9)7-8/h2,4-7H,3H2,1H3. The van der Waals surface area contributed by atoms with Crippen LogP contribution >= 0.6 is 0 Å². The van der Waals surface area contributed by atoms with Gasteiger partial charge in [0.2, 0.25) is 0 Å². The van der Waals surface area contributed by atoms with Gasteiger partial charge in [0.1, 0.15) is 0 Å². The van der Waals surface area contributed by atoms with Crippen molar-refractivity contribution in [3.05, 3.63) is 47.1 Å². The Morgan fingerprint density at radius 1 is 1.20 bits per heavy atom. The lowest BCUT2D eigenvalue weighted by atomic mass is 10.0. The summed E-state index contributed by atoms with van der Waals surface area (Å²) < 4.78 is 0. The molecule has 0 saturated heterocycles. The average Bonchev–Trinajstić information content (AvgIpc) is 2.27. The van der Waals surface area contributed by atoms with E-state index in [9.17, 15) is 0 Å². The summed E-state index contributed by atoms with van der Waals surface area (Å²) in [5.74, 6) is 0. The van der Waals surface area contributed by atoms with E-state index in [0.717, 1.165) is 6.42 Å². The molecule has 0 aliphatic heterocycles. The van der Waals surface area contributed by atoms with Crippen molar-refractivity contribution < 1.29 is 0 Å². The topological polar surface area (TPSA) is 0 Å². The van der Waals surface area contributed by atoms with Gasteiger partial charge in [-0.25, -0.2) is 0 Å². The molecule has 0 aromatic carbocycles. The molecule has 0 heteroatoms. The Kier molecular flexibility index (Phi) is 1.13. The highest BCUT2D eigenvalue weighted by molar-refractivity contribution is 5.58. The Labute approximate surface area is 61.3 Å². The molecule has 0 heterocycles. The van der Waals surface area contributed by atoms with Crippen molar-refractivity contribution in [3.63, 3.8) is 0 Å². The van der Waals surface area contributed by atoms with Crippen molar-refractivity contribution in [2.75, 3.05) is 0 Å². The van der Waals surface area contributed by atoms with Crippen LogP contribution in [-0.4, -0.2) is 0 Å². The SMILES string of the molecule is CC1=CC2=CCC=CC2=C1. The maximum atomic E-state index is 2.27. The largest absolute Gasteiger partial charge is 0.0801 e. The van der Waals surface area contributed by atoms with Gasteiger partial charge in [0.25, 0.3) is 0 Å². The van der Waals surface area contributed by atoms with E-state index >= 15 is 0 Å². The zero-order chi connectivity index (χ0) is 6.97. The van der Waals surface area contributed by atoms with E-state index in [-0.39, 0.29) is 0 Å². The van der Waals surface area contributed by atoms with Crippen LogP contribution in [0.5, 0.6) is 0 Å². The minimum absolute atomic E-state index is 1.09. The second-order valence-corrected chi connectivity index (χ2v) is 2.79. The molecule has 0 radical (unpaired) electrons. The second-order valence-electron chi connectivity index (χ2n) is 2.79. The molecule has 0 atom stereocenters. The molecule has 0 N–H and O–H groups in total. The number of fused-ring (bicyclic) bond motifs is 1. The van der Waals surface area contributed by atoms with Gasteiger partial charge < -0.3 is 0 Å². The first-order valence-electron chi connectivity index (χ1n) is 3.63. The molecule has 2 aliphatic rings. The van der Waals surface area contributed by atoms with E-state index in [2.05, 4.69) is 37.3 Å². The van der Waals surface area contributed by atoms with Crippen LogP contribution in [0.25, 0.3) is 0 Å². The van der Waals surface area contributed by atoms with Crippen molar-refractivity contribution in [1.82, 2.24) is 0 Å². The molecule has 10 heavy (non-hydrogen) atoms. The van der Waals surface area contributed by atoms with Crippen LogP contribution in [0.3, 0.4) is 0 Å². The molecule has 0 saturated carbocycles. The molecule has 50 valence electrons. The summed E-state index contributed by atoms with van der Waals surface area (Å²) in [5, 5.41) is 0. The van der Waals surface area contributed by atoms with Crippen LogP contribution in [0, 0.1) is 0 Å². The molecule has 0 amide bonds. The summed E-state index contributed by atoms with van der Waals surface area (Å²) in [6.07, 6.45) is 12.2. The third-order valence-electron chi connectivity index (χ3n) is 1.87. The highest BCUT2D eigenvalue weighted by atomic mass is 14.1. The lowest BCUT2D eigenvalue weighted by Gasteiger charge is -2.01. The first-order chi connectivity index (χ1) is 4.86. The number of allylic oxidation sites excluding steroid dienone is 8. The fourth-order valence-corrected chi connectivity index (χ4v) is 1.41. The Hall–Kier alpha value is -1.04. The van der Waals surface area contributed by atoms with Crippen molar-refractivity contribution in [2.45, 2.75) is 13.3 Å². The first-order valence-corrected chi connectivity index (χ1v) is 3.63. The van der Waals surface area contributed by atoms with Gasteiger partial charge in [-0.1, -0.05) is 30.4 Å². The molecule has 0 aromatic rings. The minimum atomic E-state index is 1.09. The Morgan fingerprint density at radius 3 is 2.90 bits per heavy atom. The highest BCUT2D eigenvalue weighted by Crippen LogP contribution is 2.27. The fraction of sp³-hybridized carbons (Fsp3) is 0.200. The molecule has 0 bridgehead atoms. The monoisotopic (exact) mass is 130 g/mol. The van der Waals surface area contributed by atoms with Crippen LogP contribution in [0.2, 0.25) is 0 Å². The van der Waals surface area contributed by atoms with Crippen LogP contribution in [0.1, 0.15) is 13.3 Å². The maximum absolute atomic E-state index is 2.27. The molecule has 0 fully saturated rings. The smallest absolute Gasteiger partial charge is 0.0157 e. The highest BCUT2D eigenvalue weighted by Gasteiger charge is 2.07. The molecular weight excluding hydrogens is 120 g/mol. The number of hydrogen-bond donors (Lipinski definition) is 0. The fourth-order valence-electron chi connectivity index (χ4n) is 1.41. The average molecular weight is 130 g/mol. The summed E-state index contributed by atoms with van der Waals surface area (Å²) >= 11 is 0. The molecule has 2 rings (SSSR count). The van der Waals surface area contributed by atoms with Crippen molar-refractivity contribution >= 4 is 0 Å². The summed E-state index contributed by atoms with van der Waals surface area (Å²) in [5.41, 5.74) is 4.15. The van der Waals surface area contributed by atoms with Gasteiger partial charge in [-0.2, -0.15) is 0 Å². The third kappa shape index (κ3) is 0.766. The molecule has 0 spiro atoms. The van der Waals surface area contributed by atoms with E-state index in [1.54, 1.807) is 0 Å². The minimum Gasteiger partial charge on any atom is -0.0801 e. The van der Waals surface area contributed by atoms with E-state index in [0.29, 0.717) is 0 Å². The Bertz CT molecular complexity index is 272. The van der Waals surface area contributed by atoms with Gasteiger partial charge in [0.05, 0.1) is 0 Å². The van der Waals surface area contributed by atoms with E-state index < -0.39 is 0 Å². The zero-order valence-electron chi connectivity index (χ0n) is 6.09. The lowest BCUT2D eigenvalue weighted by Crippen LogP contribution is -1.82. The van der Waals surface area contributed by atoms with Gasteiger partial charge in [-0.3, -0.25) is 0 Å². The predicted octanol–water partition coefficient (Wildman–Crippen LogP) is 2.76. The van der Waals surface area contributed by atoms with Gasteiger partial charge in [-0.15, -0.1) is 0 Å². The number of hydrogen-bond acceptors (Lipinski definition) is 0. The quantitative estimate of drug-likeness (QED) is 0.473. The predicted molar refractivity (Wildman–Crippen MR) is 43.7 cm³/mol. The van der Waals surface area contributed by atoms with Crippen LogP contribution in [-0.2, 0) is 0 Å². The van der Waals surface area contributed by atoms with Gasteiger partial charge in [0.15, 0.2) is 0 Å². The molecule has 0 nitrogen and oxygen atoms in total. The third-order valence-corrected chi connectivity index (χ3v) is 1.87. The van der Waals surface area contributed by atoms with Crippen LogP contribution in [0.15, 0.2) is 47.1 Å². The van der Waals surface area contributed by atoms with E-state index in [1.165, 1.54) is 16.7 Å². The molecule has 2 aliphatic carbocycles. The Morgan fingerprint density at radius 2 is 2.10 bits per heavy atom. The van der Waals surface area contributed by atoms with Gasteiger partial charge in [0, 0.05) is 0 Å². The maximum Gasteiger partial charge on any atom is -0.0157 e. The lowest BCUT2D eigenvalue weighted by molar-refractivity contribution is 1.31. The van der Waals surface area contributed by atoms with Crippen molar-refractivity contribution in [1.29, 1.82) is 0 Å².